The molecule has 0 unspecified atom stereocenters. The third kappa shape index (κ3) is 6.85. The van der Waals surface area contributed by atoms with E-state index in [1.54, 1.807) is 11.8 Å². The van der Waals surface area contributed by atoms with E-state index < -0.39 is 17.6 Å². The molecule has 0 aliphatic carbocycles. The molecule has 1 aromatic heterocycles. The predicted molar refractivity (Wildman–Crippen MR) is 114 cm³/mol. The van der Waals surface area contributed by atoms with Gasteiger partial charge in [0.2, 0.25) is 0 Å². The van der Waals surface area contributed by atoms with Crippen LogP contribution in [0.1, 0.15) is 16.7 Å². The van der Waals surface area contributed by atoms with Gasteiger partial charge in [-0.3, -0.25) is 4.79 Å². The molecule has 1 amide bonds. The van der Waals surface area contributed by atoms with E-state index in [4.69, 9.17) is 0 Å². The van der Waals surface area contributed by atoms with E-state index in [9.17, 15) is 18.0 Å². The van der Waals surface area contributed by atoms with Gasteiger partial charge in [-0.15, -0.1) is 10.2 Å². The van der Waals surface area contributed by atoms with Gasteiger partial charge in [-0.25, -0.2) is 5.43 Å². The normalized spacial score (nSPS) is 11.7. The molecule has 3 aromatic rings. The highest BCUT2D eigenvalue weighted by molar-refractivity contribution is 8.03. The highest BCUT2D eigenvalue weighted by Gasteiger charge is 2.32. The minimum atomic E-state index is -4.49. The summed E-state index contributed by atoms with van der Waals surface area (Å²) in [5.74, 6) is 0.347. The Morgan fingerprint density at radius 1 is 1.03 bits per heavy atom. The molecule has 1 heterocycles. The Balaban J connectivity index is 1.45. The van der Waals surface area contributed by atoms with Crippen LogP contribution >= 0.6 is 34.9 Å². The van der Waals surface area contributed by atoms with Crippen molar-refractivity contribution in [3.63, 3.8) is 0 Å². The molecule has 30 heavy (non-hydrogen) atoms. The first kappa shape index (κ1) is 22.3. The molecule has 5 nitrogen and oxygen atoms in total. The van der Waals surface area contributed by atoms with Gasteiger partial charge in [0.25, 0.3) is 5.91 Å². The van der Waals surface area contributed by atoms with Crippen LogP contribution in [0.3, 0.4) is 0 Å². The zero-order valence-corrected chi connectivity index (χ0v) is 17.7. The monoisotopic (exact) mass is 468 g/mol. The van der Waals surface area contributed by atoms with E-state index >= 15 is 0 Å². The van der Waals surface area contributed by atoms with Gasteiger partial charge >= 0.3 is 6.18 Å². The van der Waals surface area contributed by atoms with Crippen molar-refractivity contribution in [3.8, 4) is 0 Å². The smallest absolute Gasteiger partial charge is 0.272 e. The average Bonchev–Trinajstić information content (AvgIpc) is 3.19. The Bertz CT molecular complexity index is 1010. The first-order valence-corrected chi connectivity index (χ1v) is 11.3. The Morgan fingerprint density at radius 2 is 1.70 bits per heavy atom. The predicted octanol–water partition coefficient (Wildman–Crippen LogP) is 5.09. The third-order valence-corrected chi connectivity index (χ3v) is 6.84. The van der Waals surface area contributed by atoms with Gasteiger partial charge in [0.1, 0.15) is 0 Å². The summed E-state index contributed by atoms with van der Waals surface area (Å²) in [5, 5.41) is 11.7. The van der Waals surface area contributed by atoms with Crippen molar-refractivity contribution < 1.29 is 18.0 Å². The first-order valence-electron chi connectivity index (χ1n) is 8.53. The molecule has 3 rings (SSSR count). The van der Waals surface area contributed by atoms with Crippen LogP contribution in [-0.2, 0) is 16.7 Å². The number of hydrogen-bond donors (Lipinski definition) is 1. The molecular formula is C19H15F3N4OS3. The Morgan fingerprint density at radius 3 is 2.43 bits per heavy atom. The SMILES string of the molecule is O=C(CSc1nnc(SCc2ccccc2)s1)N/N=C\c1ccccc1C(F)(F)F. The lowest BCUT2D eigenvalue weighted by Crippen LogP contribution is -2.20. The lowest BCUT2D eigenvalue weighted by molar-refractivity contribution is -0.137. The quantitative estimate of drug-likeness (QED) is 0.283. The zero-order chi connectivity index (χ0) is 21.4. The molecule has 0 aliphatic rings. The van der Waals surface area contributed by atoms with E-state index in [0.717, 1.165) is 22.4 Å². The summed E-state index contributed by atoms with van der Waals surface area (Å²) in [7, 11) is 0. The van der Waals surface area contributed by atoms with Gasteiger partial charge in [-0.1, -0.05) is 83.4 Å². The van der Waals surface area contributed by atoms with Crippen LogP contribution in [0.5, 0.6) is 0 Å². The Hall–Kier alpha value is -2.37. The number of hydrogen-bond acceptors (Lipinski definition) is 7. The lowest BCUT2D eigenvalue weighted by atomic mass is 10.1. The van der Waals surface area contributed by atoms with Crippen molar-refractivity contribution in [2.24, 2.45) is 5.10 Å². The van der Waals surface area contributed by atoms with Crippen LogP contribution in [-0.4, -0.2) is 28.1 Å². The summed E-state index contributed by atoms with van der Waals surface area (Å²) in [6.45, 7) is 0. The van der Waals surface area contributed by atoms with Crippen LogP contribution in [0.4, 0.5) is 13.2 Å². The molecular weight excluding hydrogens is 453 g/mol. The molecule has 0 saturated heterocycles. The maximum atomic E-state index is 12.9. The van der Waals surface area contributed by atoms with Crippen molar-refractivity contribution in [2.45, 2.75) is 20.6 Å². The van der Waals surface area contributed by atoms with Crippen LogP contribution < -0.4 is 5.43 Å². The fraction of sp³-hybridized carbons (Fsp3) is 0.158. The number of amides is 1. The number of alkyl halides is 3. The largest absolute Gasteiger partial charge is 0.417 e. The fourth-order valence-electron chi connectivity index (χ4n) is 2.23. The number of rotatable bonds is 8. The number of aromatic nitrogens is 2. The van der Waals surface area contributed by atoms with Gasteiger partial charge in [0.05, 0.1) is 17.5 Å². The summed E-state index contributed by atoms with van der Waals surface area (Å²) in [6, 6.07) is 15.0. The van der Waals surface area contributed by atoms with Crippen molar-refractivity contribution >= 4 is 47.0 Å². The maximum Gasteiger partial charge on any atom is 0.417 e. The molecule has 2 aromatic carbocycles. The van der Waals surface area contributed by atoms with Crippen molar-refractivity contribution in [3.05, 3.63) is 71.3 Å². The number of nitrogens with one attached hydrogen (secondary N) is 1. The van der Waals surface area contributed by atoms with Crippen molar-refractivity contribution in [1.82, 2.24) is 15.6 Å². The Kier molecular flexibility index (Phi) is 7.88. The number of thioether (sulfide) groups is 2. The highest BCUT2D eigenvalue weighted by atomic mass is 32.2. The van der Waals surface area contributed by atoms with Gasteiger partial charge in [-0.2, -0.15) is 18.3 Å². The molecule has 0 fully saturated rings. The number of carbonyl (C=O) groups excluding carboxylic acids is 1. The maximum absolute atomic E-state index is 12.9. The summed E-state index contributed by atoms with van der Waals surface area (Å²) in [5.41, 5.74) is 2.47. The molecule has 156 valence electrons. The molecule has 0 saturated carbocycles. The minimum absolute atomic E-state index is 0.0241. The van der Waals surface area contributed by atoms with Crippen LogP contribution in [0.25, 0.3) is 0 Å². The topological polar surface area (TPSA) is 67.2 Å². The van der Waals surface area contributed by atoms with Gasteiger partial charge < -0.3 is 0 Å². The molecule has 0 aliphatic heterocycles. The minimum Gasteiger partial charge on any atom is -0.272 e. The summed E-state index contributed by atoms with van der Waals surface area (Å²) < 4.78 is 40.2. The fourth-order valence-corrected chi connectivity index (χ4v) is 5.00. The first-order chi connectivity index (χ1) is 14.4. The van der Waals surface area contributed by atoms with Gasteiger partial charge in [-0.05, 0) is 11.6 Å². The number of nitrogens with zero attached hydrogens (tertiary/aromatic N) is 3. The summed E-state index contributed by atoms with van der Waals surface area (Å²) >= 11 is 4.13. The molecule has 0 bridgehead atoms. The molecule has 1 N–H and O–H groups in total. The second-order valence-corrected chi connectivity index (χ2v) is 9.20. The van der Waals surface area contributed by atoms with Crippen LogP contribution in [0.2, 0.25) is 0 Å². The van der Waals surface area contributed by atoms with Gasteiger partial charge in [0, 0.05) is 11.3 Å². The molecule has 0 atom stereocenters. The second kappa shape index (κ2) is 10.6. The molecule has 0 spiro atoms. The lowest BCUT2D eigenvalue weighted by Gasteiger charge is -2.09. The van der Waals surface area contributed by atoms with Gasteiger partial charge in [0.15, 0.2) is 8.68 Å². The van der Waals surface area contributed by atoms with E-state index in [1.807, 2.05) is 30.3 Å². The second-order valence-electron chi connectivity index (χ2n) is 5.78. The number of benzene rings is 2. The van der Waals surface area contributed by atoms with E-state index in [2.05, 4.69) is 20.7 Å². The van der Waals surface area contributed by atoms with Crippen molar-refractivity contribution in [2.75, 3.05) is 5.75 Å². The summed E-state index contributed by atoms with van der Waals surface area (Å²) in [4.78, 5) is 11.9. The van der Waals surface area contributed by atoms with Crippen LogP contribution in [0, 0.1) is 0 Å². The highest BCUT2D eigenvalue weighted by Crippen LogP contribution is 2.31. The summed E-state index contributed by atoms with van der Waals surface area (Å²) in [6.07, 6.45) is -3.51. The van der Waals surface area contributed by atoms with Crippen LogP contribution in [0.15, 0.2) is 68.4 Å². The molecule has 0 radical (unpaired) electrons. The molecule has 11 heteroatoms. The third-order valence-electron chi connectivity index (χ3n) is 3.58. The van der Waals surface area contributed by atoms with E-state index in [1.165, 1.54) is 46.9 Å². The van der Waals surface area contributed by atoms with E-state index in [0.29, 0.717) is 4.34 Å². The number of halogens is 3. The number of carbonyl (C=O) groups is 1. The Labute approximate surface area is 183 Å². The standard InChI is InChI=1S/C19H15F3N4OS3/c20-19(21,22)15-9-5-4-8-14(15)10-23-24-16(27)12-29-18-26-25-17(30-18)28-11-13-6-2-1-3-7-13/h1-10H,11-12H2,(H,24,27)/b23-10-. The van der Waals surface area contributed by atoms with Crippen molar-refractivity contribution in [1.29, 1.82) is 0 Å². The average molecular weight is 469 g/mol. The number of hydrazone groups is 1. The zero-order valence-electron chi connectivity index (χ0n) is 15.3. The van der Waals surface area contributed by atoms with E-state index in [-0.39, 0.29) is 11.3 Å².